The van der Waals surface area contributed by atoms with Crippen LogP contribution in [0, 0.1) is 0 Å². The van der Waals surface area contributed by atoms with Crippen molar-refractivity contribution in [3.05, 3.63) is 0 Å². The third-order valence-corrected chi connectivity index (χ3v) is 3.32. The van der Waals surface area contributed by atoms with E-state index in [1.54, 1.807) is 6.92 Å². The summed E-state index contributed by atoms with van der Waals surface area (Å²) in [6, 6.07) is -0.564. The Morgan fingerprint density at radius 3 is 2.24 bits per heavy atom. The summed E-state index contributed by atoms with van der Waals surface area (Å²) < 4.78 is 0. The zero-order valence-electron chi connectivity index (χ0n) is 12.9. The molecule has 0 fully saturated rings. The number of unbranched alkanes of at least 4 members (excludes halogenated alkanes) is 4. The van der Waals surface area contributed by atoms with Crippen molar-refractivity contribution in [1.82, 2.24) is 5.32 Å². The van der Waals surface area contributed by atoms with Gasteiger partial charge in [0, 0.05) is 12.8 Å². The van der Waals surface area contributed by atoms with Gasteiger partial charge in [0.1, 0.15) is 0 Å². The maximum atomic E-state index is 11.8. The van der Waals surface area contributed by atoms with Gasteiger partial charge in [0.2, 0.25) is 5.91 Å². The molecule has 122 valence electrons. The fraction of sp³-hybridized carbons (Fsp3) is 0.800. The second-order valence-electron chi connectivity index (χ2n) is 5.31. The largest absolute Gasteiger partial charge is 0.479 e. The number of amides is 1. The van der Waals surface area contributed by atoms with Gasteiger partial charge in [0.05, 0.1) is 6.04 Å². The first-order valence-corrected chi connectivity index (χ1v) is 7.61. The molecule has 0 aliphatic rings. The quantitative estimate of drug-likeness (QED) is 0.475. The molecule has 0 saturated heterocycles. The van der Waals surface area contributed by atoms with Crippen molar-refractivity contribution in [1.29, 1.82) is 0 Å². The summed E-state index contributed by atoms with van der Waals surface area (Å²) in [6.45, 7) is 3.75. The lowest BCUT2D eigenvalue weighted by atomic mass is 10.0. The monoisotopic (exact) mass is 301 g/mol. The maximum absolute atomic E-state index is 11.8. The van der Waals surface area contributed by atoms with Crippen LogP contribution in [-0.2, 0) is 14.4 Å². The van der Waals surface area contributed by atoms with Crippen LogP contribution in [0.2, 0.25) is 0 Å². The van der Waals surface area contributed by atoms with Crippen molar-refractivity contribution in [2.75, 3.05) is 0 Å². The summed E-state index contributed by atoms with van der Waals surface area (Å²) in [7, 11) is 0. The summed E-state index contributed by atoms with van der Waals surface area (Å²) in [5, 5.41) is 20.1. The number of aliphatic hydroxyl groups is 1. The molecule has 1 amide bonds. The van der Waals surface area contributed by atoms with E-state index >= 15 is 0 Å². The minimum absolute atomic E-state index is 0.0152. The lowest BCUT2D eigenvalue weighted by Crippen LogP contribution is -2.38. The first-order chi connectivity index (χ1) is 9.88. The first-order valence-electron chi connectivity index (χ1n) is 7.61. The van der Waals surface area contributed by atoms with Crippen LogP contribution in [0.25, 0.3) is 0 Å². The highest BCUT2D eigenvalue weighted by molar-refractivity contribution is 5.88. The number of Topliss-reactive ketones (excluding diaryl/α,β-unsaturated/α-hetero) is 1. The number of nitrogens with one attached hydrogen (secondary N) is 1. The minimum Gasteiger partial charge on any atom is -0.479 e. The summed E-state index contributed by atoms with van der Waals surface area (Å²) in [5.41, 5.74) is 0. The number of ketones is 1. The van der Waals surface area contributed by atoms with Crippen molar-refractivity contribution in [2.24, 2.45) is 0 Å². The Hall–Kier alpha value is -1.43. The normalized spacial score (nSPS) is 13.5. The highest BCUT2D eigenvalue weighted by Crippen LogP contribution is 2.07. The standard InChI is InChI=1S/C15H27NO5/c1-3-4-5-6-7-8-12(17)11(2)16-14(19)10-9-13(18)15(20)21/h11,13,18H,3-10H2,1-2H3,(H,16,19)(H,20,21). The molecule has 21 heavy (non-hydrogen) atoms. The molecule has 0 aliphatic carbocycles. The smallest absolute Gasteiger partial charge is 0.332 e. The Balaban J connectivity index is 3.84. The van der Waals surface area contributed by atoms with Crippen LogP contribution in [0.1, 0.15) is 65.2 Å². The number of carboxylic acids is 1. The Morgan fingerprint density at radius 1 is 1.05 bits per heavy atom. The van der Waals surface area contributed by atoms with Crippen LogP contribution in [0.5, 0.6) is 0 Å². The zero-order chi connectivity index (χ0) is 16.3. The molecule has 0 aromatic carbocycles. The second-order valence-corrected chi connectivity index (χ2v) is 5.31. The molecular weight excluding hydrogens is 274 g/mol. The minimum atomic E-state index is -1.54. The molecule has 0 aliphatic heterocycles. The number of hydrogen-bond acceptors (Lipinski definition) is 4. The summed E-state index contributed by atoms with van der Waals surface area (Å²) >= 11 is 0. The number of aliphatic hydroxyl groups excluding tert-OH is 1. The van der Waals surface area contributed by atoms with Crippen LogP contribution in [0.4, 0.5) is 0 Å². The fourth-order valence-electron chi connectivity index (χ4n) is 1.90. The molecule has 0 bridgehead atoms. The highest BCUT2D eigenvalue weighted by atomic mass is 16.4. The zero-order valence-corrected chi connectivity index (χ0v) is 12.9. The fourth-order valence-corrected chi connectivity index (χ4v) is 1.90. The second kappa shape index (κ2) is 11.3. The molecular formula is C15H27NO5. The van der Waals surface area contributed by atoms with Gasteiger partial charge >= 0.3 is 5.97 Å². The molecule has 0 aromatic heterocycles. The molecule has 2 atom stereocenters. The molecule has 0 heterocycles. The van der Waals surface area contributed by atoms with Gasteiger partial charge in [-0.05, 0) is 19.8 Å². The average molecular weight is 301 g/mol. The van der Waals surface area contributed by atoms with E-state index < -0.39 is 24.0 Å². The Morgan fingerprint density at radius 2 is 1.67 bits per heavy atom. The van der Waals surface area contributed by atoms with E-state index in [4.69, 9.17) is 10.2 Å². The number of hydrogen-bond donors (Lipinski definition) is 3. The molecule has 6 heteroatoms. The van der Waals surface area contributed by atoms with Gasteiger partial charge in [0.15, 0.2) is 11.9 Å². The van der Waals surface area contributed by atoms with E-state index in [0.717, 1.165) is 25.7 Å². The number of aliphatic carboxylic acids is 1. The third kappa shape index (κ3) is 10.0. The van der Waals surface area contributed by atoms with Crippen LogP contribution >= 0.6 is 0 Å². The molecule has 2 unspecified atom stereocenters. The van der Waals surface area contributed by atoms with Gasteiger partial charge in [-0.2, -0.15) is 0 Å². The molecule has 0 saturated carbocycles. The number of carboxylic acid groups (broad SMARTS) is 1. The van der Waals surface area contributed by atoms with E-state index in [1.807, 2.05) is 0 Å². The van der Waals surface area contributed by atoms with Gasteiger partial charge in [-0.1, -0.05) is 32.6 Å². The Kier molecular flexibility index (Phi) is 10.5. The third-order valence-electron chi connectivity index (χ3n) is 3.32. The average Bonchev–Trinajstić information content (AvgIpc) is 2.43. The van der Waals surface area contributed by atoms with Gasteiger partial charge in [-0.25, -0.2) is 4.79 Å². The number of rotatable bonds is 12. The molecule has 0 aromatic rings. The van der Waals surface area contributed by atoms with Crippen molar-refractivity contribution < 1.29 is 24.6 Å². The van der Waals surface area contributed by atoms with Crippen LogP contribution in [-0.4, -0.2) is 40.0 Å². The Bertz CT molecular complexity index is 343. The van der Waals surface area contributed by atoms with Crippen molar-refractivity contribution in [3.63, 3.8) is 0 Å². The molecule has 0 rings (SSSR count). The van der Waals surface area contributed by atoms with Crippen LogP contribution in [0.15, 0.2) is 0 Å². The van der Waals surface area contributed by atoms with Gasteiger partial charge in [0.25, 0.3) is 0 Å². The summed E-state index contributed by atoms with van der Waals surface area (Å²) in [5.74, 6) is -1.78. The van der Waals surface area contributed by atoms with Gasteiger partial charge in [-0.3, -0.25) is 9.59 Å². The molecule has 3 N–H and O–H groups in total. The highest BCUT2D eigenvalue weighted by Gasteiger charge is 2.18. The van der Waals surface area contributed by atoms with Crippen molar-refractivity contribution >= 4 is 17.7 Å². The van der Waals surface area contributed by atoms with Gasteiger partial charge in [-0.15, -0.1) is 0 Å². The lowest BCUT2D eigenvalue weighted by Gasteiger charge is -2.13. The first kappa shape index (κ1) is 19.6. The Labute approximate surface area is 125 Å². The SMILES string of the molecule is CCCCCCCC(=O)C(C)NC(=O)CCC(O)C(=O)O. The summed E-state index contributed by atoms with van der Waals surface area (Å²) in [4.78, 5) is 33.7. The molecule has 6 nitrogen and oxygen atoms in total. The van der Waals surface area contributed by atoms with Crippen molar-refractivity contribution in [2.45, 2.75) is 77.4 Å². The van der Waals surface area contributed by atoms with Gasteiger partial charge < -0.3 is 15.5 Å². The van der Waals surface area contributed by atoms with Crippen molar-refractivity contribution in [3.8, 4) is 0 Å². The molecule has 0 radical (unpaired) electrons. The van der Waals surface area contributed by atoms with E-state index in [2.05, 4.69) is 12.2 Å². The topological polar surface area (TPSA) is 104 Å². The summed E-state index contributed by atoms with van der Waals surface area (Å²) in [6.07, 6.45) is 3.94. The lowest BCUT2D eigenvalue weighted by molar-refractivity contribution is -0.147. The van der Waals surface area contributed by atoms with Crippen LogP contribution in [0.3, 0.4) is 0 Å². The van der Waals surface area contributed by atoms with E-state index in [0.29, 0.717) is 6.42 Å². The number of carbonyl (C=O) groups is 3. The van der Waals surface area contributed by atoms with E-state index in [1.165, 1.54) is 6.42 Å². The van der Waals surface area contributed by atoms with Crippen LogP contribution < -0.4 is 5.32 Å². The molecule has 0 spiro atoms. The predicted octanol–water partition coefficient (Wildman–Crippen LogP) is 1.65. The predicted molar refractivity (Wildman–Crippen MR) is 78.9 cm³/mol. The number of carbonyl (C=O) groups excluding carboxylic acids is 2. The maximum Gasteiger partial charge on any atom is 0.332 e. The van der Waals surface area contributed by atoms with E-state index in [-0.39, 0.29) is 18.6 Å². The van der Waals surface area contributed by atoms with E-state index in [9.17, 15) is 14.4 Å².